The minimum Gasteiger partial charge on any atom is -0.496 e. The molecule has 82 valence electrons. The molecule has 0 aromatic heterocycles. The van der Waals surface area contributed by atoms with E-state index in [1.807, 2.05) is 18.2 Å². The lowest BCUT2D eigenvalue weighted by atomic mass is 10.2. The Morgan fingerprint density at radius 1 is 1.60 bits per heavy atom. The van der Waals surface area contributed by atoms with Crippen molar-refractivity contribution in [1.29, 1.82) is 0 Å². The van der Waals surface area contributed by atoms with Gasteiger partial charge in [-0.3, -0.25) is 0 Å². The molecule has 0 atom stereocenters. The zero-order valence-electron chi connectivity index (χ0n) is 8.52. The lowest BCUT2D eigenvalue weighted by Crippen LogP contribution is -2.15. The summed E-state index contributed by atoms with van der Waals surface area (Å²) in [6.07, 6.45) is 0. The molecule has 0 unspecified atom stereocenters. The van der Waals surface area contributed by atoms with E-state index in [9.17, 15) is 0 Å². The van der Waals surface area contributed by atoms with Crippen molar-refractivity contribution in [3.05, 3.63) is 39.8 Å². The van der Waals surface area contributed by atoms with Crippen LogP contribution >= 0.6 is 27.5 Å². The molecule has 0 saturated heterocycles. The van der Waals surface area contributed by atoms with Gasteiger partial charge in [0.05, 0.1) is 7.11 Å². The van der Waals surface area contributed by atoms with Crippen LogP contribution < -0.4 is 10.1 Å². The molecule has 15 heavy (non-hydrogen) atoms. The van der Waals surface area contributed by atoms with Crippen molar-refractivity contribution in [3.63, 3.8) is 0 Å². The van der Waals surface area contributed by atoms with Gasteiger partial charge in [0.25, 0.3) is 0 Å². The third-order valence-electron chi connectivity index (χ3n) is 1.87. The van der Waals surface area contributed by atoms with Gasteiger partial charge in [-0.15, -0.1) is 0 Å². The van der Waals surface area contributed by atoms with Crippen molar-refractivity contribution in [3.8, 4) is 5.75 Å². The van der Waals surface area contributed by atoms with Crippen LogP contribution in [-0.2, 0) is 6.54 Å². The third kappa shape index (κ3) is 4.24. The van der Waals surface area contributed by atoms with Gasteiger partial charge in [-0.25, -0.2) is 0 Å². The van der Waals surface area contributed by atoms with Crippen molar-refractivity contribution in [1.82, 2.24) is 5.32 Å². The second kappa shape index (κ2) is 6.16. The van der Waals surface area contributed by atoms with E-state index in [0.717, 1.165) is 15.8 Å². The van der Waals surface area contributed by atoms with Crippen LogP contribution in [-0.4, -0.2) is 13.7 Å². The van der Waals surface area contributed by atoms with E-state index in [1.165, 1.54) is 0 Å². The molecule has 0 heterocycles. The Morgan fingerprint density at radius 2 is 2.33 bits per heavy atom. The molecule has 1 aromatic carbocycles. The molecule has 0 radical (unpaired) electrons. The molecule has 0 amide bonds. The molecule has 0 bridgehead atoms. The highest BCUT2D eigenvalue weighted by molar-refractivity contribution is 9.10. The lowest BCUT2D eigenvalue weighted by molar-refractivity contribution is 0.408. The number of ether oxygens (including phenoxy) is 1. The Morgan fingerprint density at radius 3 is 2.93 bits per heavy atom. The van der Waals surface area contributed by atoms with Crippen molar-refractivity contribution < 1.29 is 4.74 Å². The van der Waals surface area contributed by atoms with Crippen LogP contribution in [0, 0.1) is 0 Å². The van der Waals surface area contributed by atoms with E-state index < -0.39 is 0 Å². The summed E-state index contributed by atoms with van der Waals surface area (Å²) in [6, 6.07) is 5.89. The van der Waals surface area contributed by atoms with Gasteiger partial charge in [0.15, 0.2) is 0 Å². The maximum Gasteiger partial charge on any atom is 0.123 e. The van der Waals surface area contributed by atoms with Gasteiger partial charge in [0, 0.05) is 28.2 Å². The van der Waals surface area contributed by atoms with Gasteiger partial charge in [0.1, 0.15) is 5.75 Å². The van der Waals surface area contributed by atoms with Crippen molar-refractivity contribution in [2.45, 2.75) is 6.54 Å². The first-order chi connectivity index (χ1) is 7.13. The summed E-state index contributed by atoms with van der Waals surface area (Å²) in [4.78, 5) is 0. The maximum absolute atomic E-state index is 5.65. The van der Waals surface area contributed by atoms with Crippen molar-refractivity contribution in [2.75, 3.05) is 13.7 Å². The summed E-state index contributed by atoms with van der Waals surface area (Å²) in [6.45, 7) is 4.91. The molecule has 0 aliphatic carbocycles. The van der Waals surface area contributed by atoms with Crippen LogP contribution in [0.4, 0.5) is 0 Å². The molecule has 1 aromatic rings. The van der Waals surface area contributed by atoms with Gasteiger partial charge >= 0.3 is 0 Å². The molecule has 1 rings (SSSR count). The standard InChI is InChI=1S/C11H13BrClNO/c1-8(13)6-14-7-9-5-10(12)3-4-11(9)15-2/h3-5,14H,1,6-7H2,2H3. The second-order valence-corrected chi connectivity index (χ2v) is 4.53. The first-order valence-electron chi connectivity index (χ1n) is 4.50. The molecule has 2 nitrogen and oxygen atoms in total. The maximum atomic E-state index is 5.65. The second-order valence-electron chi connectivity index (χ2n) is 3.08. The Bertz CT molecular complexity index is 354. The minimum absolute atomic E-state index is 0.594. The Hall–Kier alpha value is -0.510. The monoisotopic (exact) mass is 289 g/mol. The van der Waals surface area contributed by atoms with E-state index in [-0.39, 0.29) is 0 Å². The van der Waals surface area contributed by atoms with Crippen LogP contribution in [0.5, 0.6) is 5.75 Å². The fourth-order valence-corrected chi connectivity index (χ4v) is 1.72. The Kier molecular flexibility index (Phi) is 5.15. The molecule has 0 aliphatic heterocycles. The van der Waals surface area contributed by atoms with Crippen LogP contribution in [0.2, 0.25) is 0 Å². The number of rotatable bonds is 5. The van der Waals surface area contributed by atoms with Crippen LogP contribution in [0.3, 0.4) is 0 Å². The SMILES string of the molecule is C=C(Cl)CNCc1cc(Br)ccc1OC. The normalized spacial score (nSPS) is 10.1. The fraction of sp³-hybridized carbons (Fsp3) is 0.273. The number of benzene rings is 1. The molecule has 1 N–H and O–H groups in total. The summed E-state index contributed by atoms with van der Waals surface area (Å²) in [5.41, 5.74) is 1.09. The number of hydrogen-bond donors (Lipinski definition) is 1. The highest BCUT2D eigenvalue weighted by atomic mass is 79.9. The smallest absolute Gasteiger partial charge is 0.123 e. The van der Waals surface area contributed by atoms with E-state index in [2.05, 4.69) is 27.8 Å². The molecular formula is C11H13BrClNO. The van der Waals surface area contributed by atoms with E-state index in [1.54, 1.807) is 7.11 Å². The number of halogens is 2. The summed E-state index contributed by atoms with van der Waals surface area (Å²) < 4.78 is 6.27. The molecule has 0 saturated carbocycles. The van der Waals surface area contributed by atoms with Gasteiger partial charge in [-0.1, -0.05) is 34.1 Å². The zero-order valence-corrected chi connectivity index (χ0v) is 10.9. The largest absolute Gasteiger partial charge is 0.496 e. The predicted octanol–water partition coefficient (Wildman–Crippen LogP) is 3.30. The van der Waals surface area contributed by atoms with Gasteiger partial charge < -0.3 is 10.1 Å². The van der Waals surface area contributed by atoms with Gasteiger partial charge in [-0.05, 0) is 18.2 Å². The van der Waals surface area contributed by atoms with Crippen LogP contribution in [0.1, 0.15) is 5.56 Å². The summed E-state index contributed by atoms with van der Waals surface area (Å²) in [7, 11) is 1.66. The topological polar surface area (TPSA) is 21.3 Å². The van der Waals surface area contributed by atoms with Crippen molar-refractivity contribution in [2.24, 2.45) is 0 Å². The Labute approximate surface area is 103 Å². The summed E-state index contributed by atoms with van der Waals surface area (Å²) in [5, 5.41) is 3.77. The van der Waals surface area contributed by atoms with Gasteiger partial charge in [-0.2, -0.15) is 0 Å². The molecule has 0 aliphatic rings. The molecule has 4 heteroatoms. The zero-order chi connectivity index (χ0) is 11.3. The highest BCUT2D eigenvalue weighted by Gasteiger charge is 2.02. The number of methoxy groups -OCH3 is 1. The number of nitrogens with one attached hydrogen (secondary N) is 1. The average molecular weight is 291 g/mol. The highest BCUT2D eigenvalue weighted by Crippen LogP contribution is 2.22. The summed E-state index contributed by atoms with van der Waals surface area (Å²) >= 11 is 9.07. The van der Waals surface area contributed by atoms with E-state index in [4.69, 9.17) is 16.3 Å². The Balaban J connectivity index is 2.65. The van der Waals surface area contributed by atoms with Gasteiger partial charge in [0.2, 0.25) is 0 Å². The number of hydrogen-bond acceptors (Lipinski definition) is 2. The van der Waals surface area contributed by atoms with Crippen molar-refractivity contribution >= 4 is 27.5 Å². The average Bonchev–Trinajstić information content (AvgIpc) is 2.17. The quantitative estimate of drug-likeness (QED) is 0.898. The third-order valence-corrected chi connectivity index (χ3v) is 2.50. The van der Waals surface area contributed by atoms with Crippen LogP contribution in [0.15, 0.2) is 34.3 Å². The van der Waals surface area contributed by atoms with E-state index >= 15 is 0 Å². The molecular weight excluding hydrogens is 277 g/mol. The fourth-order valence-electron chi connectivity index (χ4n) is 1.22. The first kappa shape index (κ1) is 12.6. The van der Waals surface area contributed by atoms with E-state index in [0.29, 0.717) is 18.1 Å². The molecule has 0 fully saturated rings. The summed E-state index contributed by atoms with van der Waals surface area (Å²) in [5.74, 6) is 0.867. The molecule has 0 spiro atoms. The lowest BCUT2D eigenvalue weighted by Gasteiger charge is -2.09. The minimum atomic E-state index is 0.594. The predicted molar refractivity (Wildman–Crippen MR) is 67.4 cm³/mol. The first-order valence-corrected chi connectivity index (χ1v) is 5.67. The van der Waals surface area contributed by atoms with Crippen LogP contribution in [0.25, 0.3) is 0 Å².